The van der Waals surface area contributed by atoms with Crippen LogP contribution in [0.15, 0.2) is 36.4 Å². The molecule has 0 aliphatic rings. The molecule has 3 rings (SSSR count). The molecule has 0 fully saturated rings. The standard InChI is InChI=1S/C15H15N/c1-10-11(2)16(3)14-9-8-12-6-4-5-7-13(12)15(10)14/h4-9H,1-3H3. The normalized spacial score (nSPS) is 11.4. The van der Waals surface area contributed by atoms with Crippen molar-refractivity contribution in [1.82, 2.24) is 4.57 Å². The predicted octanol–water partition coefficient (Wildman–Crippen LogP) is 3.95. The molecule has 0 N–H and O–H groups in total. The zero-order chi connectivity index (χ0) is 11.3. The van der Waals surface area contributed by atoms with Crippen LogP contribution in [0.25, 0.3) is 21.7 Å². The number of rotatable bonds is 0. The lowest BCUT2D eigenvalue weighted by Crippen LogP contribution is -1.89. The first kappa shape index (κ1) is 9.46. The van der Waals surface area contributed by atoms with E-state index in [0.717, 1.165) is 0 Å². The summed E-state index contributed by atoms with van der Waals surface area (Å²) in [6.07, 6.45) is 0. The summed E-state index contributed by atoms with van der Waals surface area (Å²) < 4.78 is 2.27. The maximum absolute atomic E-state index is 2.27. The number of hydrogen-bond donors (Lipinski definition) is 0. The minimum Gasteiger partial charge on any atom is -0.348 e. The van der Waals surface area contributed by atoms with Crippen LogP contribution in [0.5, 0.6) is 0 Å². The van der Waals surface area contributed by atoms with E-state index in [1.807, 2.05) is 0 Å². The third-order valence-electron chi connectivity index (χ3n) is 3.69. The van der Waals surface area contributed by atoms with Gasteiger partial charge in [0.2, 0.25) is 0 Å². The van der Waals surface area contributed by atoms with Gasteiger partial charge < -0.3 is 4.57 Å². The Morgan fingerprint density at radius 1 is 0.938 bits per heavy atom. The van der Waals surface area contributed by atoms with Crippen LogP contribution in [-0.4, -0.2) is 4.57 Å². The molecule has 80 valence electrons. The highest BCUT2D eigenvalue weighted by molar-refractivity contribution is 6.08. The molecule has 0 aliphatic carbocycles. The number of nitrogens with zero attached hydrogens (tertiary/aromatic N) is 1. The van der Waals surface area contributed by atoms with Crippen molar-refractivity contribution in [2.24, 2.45) is 7.05 Å². The van der Waals surface area contributed by atoms with Gasteiger partial charge >= 0.3 is 0 Å². The first-order chi connectivity index (χ1) is 7.70. The van der Waals surface area contributed by atoms with Crippen LogP contribution in [0.3, 0.4) is 0 Å². The lowest BCUT2D eigenvalue weighted by atomic mass is 10.0. The SMILES string of the molecule is Cc1c(C)n(C)c2ccc3ccccc3c12. The molecule has 1 heterocycles. The van der Waals surface area contributed by atoms with Crippen LogP contribution in [0.1, 0.15) is 11.3 Å². The molecule has 0 amide bonds. The van der Waals surface area contributed by atoms with Crippen LogP contribution >= 0.6 is 0 Å². The monoisotopic (exact) mass is 209 g/mol. The van der Waals surface area contributed by atoms with Crippen molar-refractivity contribution in [2.75, 3.05) is 0 Å². The number of benzene rings is 2. The Hall–Kier alpha value is -1.76. The molecule has 0 aliphatic heterocycles. The maximum Gasteiger partial charge on any atom is 0.0489 e. The van der Waals surface area contributed by atoms with Crippen molar-refractivity contribution >= 4 is 21.7 Å². The van der Waals surface area contributed by atoms with Gasteiger partial charge in [-0.25, -0.2) is 0 Å². The molecule has 1 heteroatoms. The first-order valence-electron chi connectivity index (χ1n) is 5.63. The van der Waals surface area contributed by atoms with E-state index in [-0.39, 0.29) is 0 Å². The maximum atomic E-state index is 2.27. The van der Waals surface area contributed by atoms with Gasteiger partial charge in [-0.3, -0.25) is 0 Å². The lowest BCUT2D eigenvalue weighted by molar-refractivity contribution is 0.910. The quantitative estimate of drug-likeness (QED) is 0.528. The number of aryl methyl sites for hydroxylation is 2. The molecule has 16 heavy (non-hydrogen) atoms. The Labute approximate surface area is 95.3 Å². The van der Waals surface area contributed by atoms with Gasteiger partial charge in [0.15, 0.2) is 0 Å². The Morgan fingerprint density at radius 2 is 1.69 bits per heavy atom. The topological polar surface area (TPSA) is 4.93 Å². The van der Waals surface area contributed by atoms with Gasteiger partial charge in [0.1, 0.15) is 0 Å². The summed E-state index contributed by atoms with van der Waals surface area (Å²) in [5.41, 5.74) is 4.08. The largest absolute Gasteiger partial charge is 0.348 e. The highest BCUT2D eigenvalue weighted by Crippen LogP contribution is 2.31. The average molecular weight is 209 g/mol. The van der Waals surface area contributed by atoms with E-state index >= 15 is 0 Å². The number of hydrogen-bond acceptors (Lipinski definition) is 0. The van der Waals surface area contributed by atoms with E-state index in [9.17, 15) is 0 Å². The van der Waals surface area contributed by atoms with E-state index in [1.165, 1.54) is 32.9 Å². The van der Waals surface area contributed by atoms with Crippen molar-refractivity contribution in [3.63, 3.8) is 0 Å². The Bertz CT molecular complexity index is 689. The average Bonchev–Trinajstić information content (AvgIpc) is 2.55. The molecule has 3 aromatic rings. The van der Waals surface area contributed by atoms with Crippen LogP contribution in [-0.2, 0) is 7.05 Å². The summed E-state index contributed by atoms with van der Waals surface area (Å²) >= 11 is 0. The number of fused-ring (bicyclic) bond motifs is 3. The van der Waals surface area contributed by atoms with Crippen LogP contribution in [0.2, 0.25) is 0 Å². The van der Waals surface area contributed by atoms with Gasteiger partial charge in [-0.1, -0.05) is 30.3 Å². The van der Waals surface area contributed by atoms with Crippen molar-refractivity contribution in [1.29, 1.82) is 0 Å². The fourth-order valence-electron chi connectivity index (χ4n) is 2.55. The molecule has 1 nitrogen and oxygen atoms in total. The van der Waals surface area contributed by atoms with Crippen LogP contribution < -0.4 is 0 Å². The molecule has 1 aromatic heterocycles. The van der Waals surface area contributed by atoms with E-state index in [2.05, 4.69) is 61.9 Å². The van der Waals surface area contributed by atoms with Gasteiger partial charge in [0.05, 0.1) is 0 Å². The minimum absolute atomic E-state index is 1.32. The second kappa shape index (κ2) is 3.11. The summed E-state index contributed by atoms with van der Waals surface area (Å²) in [6, 6.07) is 13.0. The van der Waals surface area contributed by atoms with Crippen LogP contribution in [0.4, 0.5) is 0 Å². The molecule has 2 aromatic carbocycles. The van der Waals surface area contributed by atoms with Crippen molar-refractivity contribution in [3.05, 3.63) is 47.7 Å². The minimum atomic E-state index is 1.32. The summed E-state index contributed by atoms with van der Waals surface area (Å²) in [4.78, 5) is 0. The molecular formula is C15H15N. The molecular weight excluding hydrogens is 194 g/mol. The first-order valence-corrected chi connectivity index (χ1v) is 5.63. The fourth-order valence-corrected chi connectivity index (χ4v) is 2.55. The van der Waals surface area contributed by atoms with Gasteiger partial charge in [-0.05, 0) is 36.2 Å². The fraction of sp³-hybridized carbons (Fsp3) is 0.200. The van der Waals surface area contributed by atoms with Crippen molar-refractivity contribution in [2.45, 2.75) is 13.8 Å². The third kappa shape index (κ3) is 1.06. The van der Waals surface area contributed by atoms with E-state index in [4.69, 9.17) is 0 Å². The van der Waals surface area contributed by atoms with Gasteiger partial charge in [0.25, 0.3) is 0 Å². The van der Waals surface area contributed by atoms with E-state index < -0.39 is 0 Å². The van der Waals surface area contributed by atoms with Gasteiger partial charge in [-0.15, -0.1) is 0 Å². The van der Waals surface area contributed by atoms with Crippen molar-refractivity contribution in [3.8, 4) is 0 Å². The van der Waals surface area contributed by atoms with E-state index in [0.29, 0.717) is 0 Å². The molecule has 0 spiro atoms. The summed E-state index contributed by atoms with van der Waals surface area (Å²) in [5, 5.41) is 4.09. The Morgan fingerprint density at radius 3 is 2.50 bits per heavy atom. The molecule has 0 bridgehead atoms. The second-order valence-corrected chi connectivity index (χ2v) is 4.45. The molecule has 0 unspecified atom stereocenters. The Kier molecular flexibility index (Phi) is 1.84. The van der Waals surface area contributed by atoms with Crippen molar-refractivity contribution < 1.29 is 0 Å². The van der Waals surface area contributed by atoms with Gasteiger partial charge in [-0.2, -0.15) is 0 Å². The summed E-state index contributed by atoms with van der Waals surface area (Å²) in [7, 11) is 2.14. The molecule has 0 atom stereocenters. The molecule has 0 saturated carbocycles. The number of aromatic nitrogens is 1. The summed E-state index contributed by atoms with van der Waals surface area (Å²) in [5.74, 6) is 0. The molecule has 0 saturated heterocycles. The highest BCUT2D eigenvalue weighted by Gasteiger charge is 2.10. The smallest absolute Gasteiger partial charge is 0.0489 e. The van der Waals surface area contributed by atoms with E-state index in [1.54, 1.807) is 0 Å². The lowest BCUT2D eigenvalue weighted by Gasteiger charge is -2.01. The Balaban J connectivity index is 2.65. The zero-order valence-electron chi connectivity index (χ0n) is 9.91. The third-order valence-corrected chi connectivity index (χ3v) is 3.69. The predicted molar refractivity (Wildman–Crippen MR) is 69.9 cm³/mol. The highest BCUT2D eigenvalue weighted by atomic mass is 14.9. The van der Waals surface area contributed by atoms with Crippen LogP contribution in [0, 0.1) is 13.8 Å². The zero-order valence-corrected chi connectivity index (χ0v) is 9.91. The summed E-state index contributed by atoms with van der Waals surface area (Å²) in [6.45, 7) is 4.40. The van der Waals surface area contributed by atoms with Gasteiger partial charge in [0, 0.05) is 23.6 Å². The second-order valence-electron chi connectivity index (χ2n) is 4.45. The molecule has 0 radical (unpaired) electrons.